The minimum atomic E-state index is 0.0364. The van der Waals surface area contributed by atoms with Gasteiger partial charge in [-0.1, -0.05) is 40.2 Å². The van der Waals surface area contributed by atoms with Gasteiger partial charge in [0.1, 0.15) is 0 Å². The fourth-order valence-electron chi connectivity index (χ4n) is 3.41. The van der Waals surface area contributed by atoms with Crippen molar-refractivity contribution in [3.05, 3.63) is 69.7 Å². The van der Waals surface area contributed by atoms with E-state index in [0.29, 0.717) is 0 Å². The van der Waals surface area contributed by atoms with Gasteiger partial charge in [-0.3, -0.25) is 4.79 Å². The summed E-state index contributed by atoms with van der Waals surface area (Å²) in [6.07, 6.45) is 3.60. The molecule has 0 saturated carbocycles. The molecule has 1 saturated heterocycles. The van der Waals surface area contributed by atoms with Gasteiger partial charge >= 0.3 is 0 Å². The molecule has 0 radical (unpaired) electrons. The Labute approximate surface area is 176 Å². The van der Waals surface area contributed by atoms with Gasteiger partial charge in [-0.2, -0.15) is 0 Å². The van der Waals surface area contributed by atoms with Crippen molar-refractivity contribution in [2.75, 3.05) is 52.2 Å². The van der Waals surface area contributed by atoms with Crippen LogP contribution in [0.3, 0.4) is 0 Å². The van der Waals surface area contributed by atoms with Crippen LogP contribution < -0.4 is 4.90 Å². The summed E-state index contributed by atoms with van der Waals surface area (Å²) in [4.78, 5) is 19.6. The number of likely N-dealkylation sites (N-methyl/N-ethyl adjacent to an activating group) is 1. The number of carbonyl (C=O) groups is 1. The number of piperazine rings is 1. The Bertz CT molecular complexity index is 855. The first-order valence-corrected chi connectivity index (χ1v) is 10.4. The summed E-state index contributed by atoms with van der Waals surface area (Å²) in [7, 11) is 6.18. The van der Waals surface area contributed by atoms with Crippen LogP contribution in [0.1, 0.15) is 21.5 Å². The summed E-state index contributed by atoms with van der Waals surface area (Å²) in [6, 6.07) is 14.2. The van der Waals surface area contributed by atoms with Crippen LogP contribution in [0.4, 0.5) is 5.69 Å². The minimum Gasteiger partial charge on any atom is -0.369 e. The van der Waals surface area contributed by atoms with Crippen LogP contribution in [0.15, 0.2) is 53.0 Å². The SMILES string of the molecule is CN(C)Cc1ccccc1C(=O)C=Cc1cc(N2CCN(C)CC2)ccc1Br. The van der Waals surface area contributed by atoms with Gasteiger partial charge < -0.3 is 14.7 Å². The van der Waals surface area contributed by atoms with Crippen molar-refractivity contribution >= 4 is 33.5 Å². The molecule has 4 nitrogen and oxygen atoms in total. The number of carbonyl (C=O) groups excluding carboxylic acids is 1. The second kappa shape index (κ2) is 9.50. The molecule has 0 aliphatic carbocycles. The van der Waals surface area contributed by atoms with Crippen molar-refractivity contribution in [1.29, 1.82) is 0 Å². The first-order valence-electron chi connectivity index (χ1n) is 9.62. The van der Waals surface area contributed by atoms with Crippen molar-refractivity contribution in [1.82, 2.24) is 9.80 Å². The highest BCUT2D eigenvalue weighted by atomic mass is 79.9. The number of ketones is 1. The van der Waals surface area contributed by atoms with Gasteiger partial charge in [0.25, 0.3) is 0 Å². The molecule has 2 aromatic carbocycles. The first kappa shape index (κ1) is 20.8. The number of halogens is 1. The molecule has 148 valence electrons. The number of anilines is 1. The third-order valence-electron chi connectivity index (χ3n) is 5.03. The smallest absolute Gasteiger partial charge is 0.186 e. The molecule has 3 rings (SSSR count). The van der Waals surface area contributed by atoms with E-state index < -0.39 is 0 Å². The number of allylic oxidation sites excluding steroid dienone is 1. The highest BCUT2D eigenvalue weighted by Crippen LogP contribution is 2.26. The van der Waals surface area contributed by atoms with E-state index in [9.17, 15) is 4.79 Å². The van der Waals surface area contributed by atoms with E-state index in [-0.39, 0.29) is 5.78 Å². The van der Waals surface area contributed by atoms with Crippen LogP contribution in [-0.2, 0) is 6.54 Å². The van der Waals surface area contributed by atoms with Gasteiger partial charge in [0.05, 0.1) is 0 Å². The summed E-state index contributed by atoms with van der Waals surface area (Å²) in [5.74, 6) is 0.0364. The Kier molecular flexibility index (Phi) is 7.05. The number of rotatable bonds is 6. The van der Waals surface area contributed by atoms with Gasteiger partial charge in [-0.25, -0.2) is 0 Å². The van der Waals surface area contributed by atoms with E-state index in [1.807, 2.05) is 44.4 Å². The fraction of sp³-hybridized carbons (Fsp3) is 0.348. The number of nitrogens with zero attached hydrogens (tertiary/aromatic N) is 3. The van der Waals surface area contributed by atoms with Gasteiger partial charge in [-0.15, -0.1) is 0 Å². The molecule has 1 heterocycles. The highest BCUT2D eigenvalue weighted by molar-refractivity contribution is 9.10. The highest BCUT2D eigenvalue weighted by Gasteiger charge is 2.15. The lowest BCUT2D eigenvalue weighted by atomic mass is 10.0. The Hall–Kier alpha value is -1.95. The zero-order chi connectivity index (χ0) is 20.1. The molecule has 28 heavy (non-hydrogen) atoms. The minimum absolute atomic E-state index is 0.0364. The molecule has 0 atom stereocenters. The number of hydrogen-bond acceptors (Lipinski definition) is 4. The zero-order valence-corrected chi connectivity index (χ0v) is 18.4. The quantitative estimate of drug-likeness (QED) is 0.496. The number of benzene rings is 2. The predicted octanol–water partition coefficient (Wildman–Crippen LogP) is 4.16. The van der Waals surface area contributed by atoms with Crippen LogP contribution in [0, 0.1) is 0 Å². The van der Waals surface area contributed by atoms with Crippen molar-refractivity contribution in [3.63, 3.8) is 0 Å². The lowest BCUT2D eigenvalue weighted by Crippen LogP contribution is -2.44. The topological polar surface area (TPSA) is 26.8 Å². The standard InChI is InChI=1S/C23H28BrN3O/c1-25(2)17-19-6-4-5-7-21(19)23(28)11-8-18-16-20(9-10-22(18)24)27-14-12-26(3)13-15-27/h4-11,16H,12-15,17H2,1-3H3. The molecule has 1 fully saturated rings. The molecule has 0 spiro atoms. The molecule has 0 unspecified atom stereocenters. The molecule has 0 bridgehead atoms. The zero-order valence-electron chi connectivity index (χ0n) is 16.9. The molecular formula is C23H28BrN3O. The molecule has 1 aliphatic heterocycles. The van der Waals surface area contributed by atoms with Crippen molar-refractivity contribution in [2.24, 2.45) is 0 Å². The molecule has 0 amide bonds. The second-order valence-corrected chi connectivity index (χ2v) is 8.44. The molecule has 1 aliphatic rings. The van der Waals surface area contributed by atoms with E-state index in [2.05, 4.69) is 55.9 Å². The van der Waals surface area contributed by atoms with Gasteiger partial charge in [0.15, 0.2) is 5.78 Å². The van der Waals surface area contributed by atoms with Crippen molar-refractivity contribution < 1.29 is 4.79 Å². The third kappa shape index (κ3) is 5.31. The summed E-state index contributed by atoms with van der Waals surface area (Å²) in [5.41, 5.74) is 4.04. The molecule has 0 N–H and O–H groups in total. The maximum absolute atomic E-state index is 12.8. The van der Waals surface area contributed by atoms with E-state index in [1.54, 1.807) is 6.08 Å². The molecule has 2 aromatic rings. The monoisotopic (exact) mass is 441 g/mol. The average molecular weight is 442 g/mol. The maximum atomic E-state index is 12.8. The lowest BCUT2D eigenvalue weighted by Gasteiger charge is -2.34. The maximum Gasteiger partial charge on any atom is 0.186 e. The fourth-order valence-corrected chi connectivity index (χ4v) is 3.79. The Morgan fingerprint density at radius 1 is 1.11 bits per heavy atom. The van der Waals surface area contributed by atoms with Crippen molar-refractivity contribution in [2.45, 2.75) is 6.54 Å². The van der Waals surface area contributed by atoms with Crippen molar-refractivity contribution in [3.8, 4) is 0 Å². The van der Waals surface area contributed by atoms with Gasteiger partial charge in [0, 0.05) is 48.4 Å². The molecule has 5 heteroatoms. The van der Waals surface area contributed by atoms with Crippen LogP contribution in [0.5, 0.6) is 0 Å². The van der Waals surface area contributed by atoms with Gasteiger partial charge in [-0.05, 0) is 62.6 Å². The Morgan fingerprint density at radius 2 is 1.82 bits per heavy atom. The van der Waals surface area contributed by atoms with E-state index >= 15 is 0 Å². The third-order valence-corrected chi connectivity index (χ3v) is 5.75. The van der Waals surface area contributed by atoms with E-state index in [4.69, 9.17) is 0 Å². The first-order chi connectivity index (χ1) is 13.4. The Morgan fingerprint density at radius 3 is 2.54 bits per heavy atom. The van der Waals surface area contributed by atoms with Crippen LogP contribution in [0.2, 0.25) is 0 Å². The molecular weight excluding hydrogens is 414 g/mol. The van der Waals surface area contributed by atoms with Gasteiger partial charge in [0.2, 0.25) is 0 Å². The van der Waals surface area contributed by atoms with Crippen LogP contribution in [0.25, 0.3) is 6.08 Å². The Balaban J connectivity index is 1.79. The van der Waals surface area contributed by atoms with Crippen LogP contribution >= 0.6 is 15.9 Å². The second-order valence-electron chi connectivity index (χ2n) is 7.59. The summed E-state index contributed by atoms with van der Waals surface area (Å²) in [5, 5.41) is 0. The van der Waals surface area contributed by atoms with Crippen LogP contribution in [-0.4, -0.2) is 62.9 Å². The van der Waals surface area contributed by atoms with E-state index in [0.717, 1.165) is 53.9 Å². The number of hydrogen-bond donors (Lipinski definition) is 0. The predicted molar refractivity (Wildman–Crippen MR) is 121 cm³/mol. The van der Waals surface area contributed by atoms with E-state index in [1.165, 1.54) is 5.69 Å². The lowest BCUT2D eigenvalue weighted by molar-refractivity contribution is 0.104. The average Bonchev–Trinajstić information content (AvgIpc) is 2.68. The summed E-state index contributed by atoms with van der Waals surface area (Å²) < 4.78 is 0.996. The summed E-state index contributed by atoms with van der Waals surface area (Å²) >= 11 is 3.62. The largest absolute Gasteiger partial charge is 0.369 e. The molecule has 0 aromatic heterocycles. The normalized spacial score (nSPS) is 15.5. The summed E-state index contributed by atoms with van der Waals surface area (Å²) in [6.45, 7) is 4.94.